The SMILES string of the molecule is CCCCCCCCCCC1(C#N)C=CC(c2ccccc2)C=C1. The van der Waals surface area contributed by atoms with E-state index < -0.39 is 0 Å². The van der Waals surface area contributed by atoms with Crippen molar-refractivity contribution in [1.29, 1.82) is 5.26 Å². The molecule has 0 heterocycles. The summed E-state index contributed by atoms with van der Waals surface area (Å²) in [6.07, 6.45) is 20.1. The average Bonchev–Trinajstić information content (AvgIpc) is 2.65. The fourth-order valence-electron chi connectivity index (χ4n) is 3.42. The molecule has 0 unspecified atom stereocenters. The van der Waals surface area contributed by atoms with Crippen molar-refractivity contribution in [3.63, 3.8) is 0 Å². The molecule has 24 heavy (non-hydrogen) atoms. The first-order chi connectivity index (χ1) is 11.8. The summed E-state index contributed by atoms with van der Waals surface area (Å²) >= 11 is 0. The first-order valence-corrected chi connectivity index (χ1v) is 9.64. The fourth-order valence-corrected chi connectivity index (χ4v) is 3.42. The average molecular weight is 322 g/mol. The lowest BCUT2D eigenvalue weighted by atomic mass is 9.77. The lowest BCUT2D eigenvalue weighted by Crippen LogP contribution is -2.16. The summed E-state index contributed by atoms with van der Waals surface area (Å²) in [5, 5.41) is 9.65. The third-order valence-corrected chi connectivity index (χ3v) is 5.04. The summed E-state index contributed by atoms with van der Waals surface area (Å²) in [5.41, 5.74) is 0.914. The van der Waals surface area contributed by atoms with E-state index >= 15 is 0 Å². The van der Waals surface area contributed by atoms with Gasteiger partial charge in [0.15, 0.2) is 0 Å². The van der Waals surface area contributed by atoms with Crippen LogP contribution in [0.15, 0.2) is 54.6 Å². The van der Waals surface area contributed by atoms with Gasteiger partial charge >= 0.3 is 0 Å². The zero-order valence-corrected chi connectivity index (χ0v) is 15.1. The molecule has 0 aromatic heterocycles. The molecular weight excluding hydrogens is 290 g/mol. The first kappa shape index (κ1) is 18.5. The number of nitrogens with zero attached hydrogens (tertiary/aromatic N) is 1. The van der Waals surface area contributed by atoms with E-state index in [1.54, 1.807) is 0 Å². The molecule has 0 aliphatic heterocycles. The maximum absolute atomic E-state index is 9.65. The van der Waals surface area contributed by atoms with Crippen LogP contribution in [-0.2, 0) is 0 Å². The first-order valence-electron chi connectivity index (χ1n) is 9.64. The topological polar surface area (TPSA) is 23.8 Å². The number of hydrogen-bond donors (Lipinski definition) is 0. The molecule has 128 valence electrons. The highest BCUT2D eigenvalue weighted by molar-refractivity contribution is 5.37. The Hall–Kier alpha value is -1.81. The molecule has 0 spiro atoms. The Kier molecular flexibility index (Phi) is 7.83. The van der Waals surface area contributed by atoms with Gasteiger partial charge in [-0.15, -0.1) is 0 Å². The highest BCUT2D eigenvalue weighted by Gasteiger charge is 2.26. The molecule has 1 aliphatic rings. The van der Waals surface area contributed by atoms with Gasteiger partial charge in [0.05, 0.1) is 11.5 Å². The van der Waals surface area contributed by atoms with Crippen LogP contribution in [0.1, 0.15) is 76.2 Å². The van der Waals surface area contributed by atoms with Crippen molar-refractivity contribution < 1.29 is 0 Å². The van der Waals surface area contributed by atoms with Gasteiger partial charge in [0.1, 0.15) is 0 Å². The molecule has 0 saturated heterocycles. The molecule has 1 aromatic carbocycles. The van der Waals surface area contributed by atoms with Crippen molar-refractivity contribution in [1.82, 2.24) is 0 Å². The van der Waals surface area contributed by atoms with Gasteiger partial charge in [-0.25, -0.2) is 0 Å². The molecule has 0 amide bonds. The Morgan fingerprint density at radius 1 is 0.875 bits per heavy atom. The normalized spacial score (nSPS) is 22.4. The highest BCUT2D eigenvalue weighted by Crippen LogP contribution is 2.35. The van der Waals surface area contributed by atoms with Crippen LogP contribution in [0.2, 0.25) is 0 Å². The van der Waals surface area contributed by atoms with E-state index in [4.69, 9.17) is 0 Å². The second-order valence-corrected chi connectivity index (χ2v) is 7.03. The molecule has 0 fully saturated rings. The molecule has 0 bridgehead atoms. The third-order valence-electron chi connectivity index (χ3n) is 5.04. The van der Waals surface area contributed by atoms with Crippen molar-refractivity contribution in [3.8, 4) is 6.07 Å². The second kappa shape index (κ2) is 10.1. The van der Waals surface area contributed by atoms with Crippen molar-refractivity contribution in [2.75, 3.05) is 0 Å². The van der Waals surface area contributed by atoms with Gasteiger partial charge in [-0.2, -0.15) is 5.26 Å². The molecule has 1 aliphatic carbocycles. The summed E-state index contributed by atoms with van der Waals surface area (Å²) in [4.78, 5) is 0. The van der Waals surface area contributed by atoms with E-state index in [9.17, 15) is 5.26 Å². The maximum atomic E-state index is 9.65. The van der Waals surface area contributed by atoms with E-state index in [0.29, 0.717) is 5.92 Å². The van der Waals surface area contributed by atoms with Crippen molar-refractivity contribution >= 4 is 0 Å². The summed E-state index contributed by atoms with van der Waals surface area (Å²) in [7, 11) is 0. The molecule has 0 N–H and O–H groups in total. The van der Waals surface area contributed by atoms with Gasteiger partial charge in [0.2, 0.25) is 0 Å². The van der Waals surface area contributed by atoms with E-state index in [1.165, 1.54) is 50.5 Å². The van der Waals surface area contributed by atoms with E-state index in [1.807, 2.05) is 6.07 Å². The quantitative estimate of drug-likeness (QED) is 0.338. The Morgan fingerprint density at radius 3 is 2.04 bits per heavy atom. The molecular formula is C23H31N. The van der Waals surface area contributed by atoms with Crippen LogP contribution in [-0.4, -0.2) is 0 Å². The number of unbranched alkanes of at least 4 members (excludes halogenated alkanes) is 7. The van der Waals surface area contributed by atoms with Gasteiger partial charge < -0.3 is 0 Å². The highest BCUT2D eigenvalue weighted by atomic mass is 14.4. The lowest BCUT2D eigenvalue weighted by Gasteiger charge is -2.24. The monoisotopic (exact) mass is 321 g/mol. The van der Waals surface area contributed by atoms with Gasteiger partial charge in [-0.1, -0.05) is 113 Å². The van der Waals surface area contributed by atoms with Crippen LogP contribution in [0.4, 0.5) is 0 Å². The van der Waals surface area contributed by atoms with Crippen molar-refractivity contribution in [3.05, 3.63) is 60.2 Å². The lowest BCUT2D eigenvalue weighted by molar-refractivity contribution is 0.497. The summed E-state index contributed by atoms with van der Waals surface area (Å²) in [6.45, 7) is 2.26. The minimum Gasteiger partial charge on any atom is -0.197 e. The number of hydrogen-bond acceptors (Lipinski definition) is 1. The van der Waals surface area contributed by atoms with Crippen LogP contribution in [0.5, 0.6) is 0 Å². The Morgan fingerprint density at radius 2 is 1.46 bits per heavy atom. The summed E-state index contributed by atoms with van der Waals surface area (Å²) in [6, 6.07) is 13.0. The Bertz CT molecular complexity index is 547. The van der Waals surface area contributed by atoms with E-state index in [-0.39, 0.29) is 5.41 Å². The van der Waals surface area contributed by atoms with Gasteiger partial charge in [-0.3, -0.25) is 0 Å². The number of rotatable bonds is 10. The largest absolute Gasteiger partial charge is 0.197 e. The third kappa shape index (κ3) is 5.68. The number of nitriles is 1. The Balaban J connectivity index is 1.74. The smallest absolute Gasteiger partial charge is 0.0934 e. The molecule has 2 rings (SSSR count). The van der Waals surface area contributed by atoms with E-state index in [2.05, 4.69) is 61.6 Å². The molecule has 0 atom stereocenters. The van der Waals surface area contributed by atoms with Crippen LogP contribution in [0, 0.1) is 16.7 Å². The Labute approximate surface area is 148 Å². The minimum atomic E-state index is -0.381. The number of benzene rings is 1. The van der Waals surface area contributed by atoms with Crippen molar-refractivity contribution in [2.45, 2.75) is 70.6 Å². The maximum Gasteiger partial charge on any atom is 0.0934 e. The van der Waals surface area contributed by atoms with Crippen molar-refractivity contribution in [2.24, 2.45) is 5.41 Å². The van der Waals surface area contributed by atoms with Crippen LogP contribution in [0.3, 0.4) is 0 Å². The molecule has 1 heteroatoms. The standard InChI is InChI=1S/C23H31N/c1-2-3-4-5-6-7-8-12-17-23(20-24)18-15-22(16-19-23)21-13-10-9-11-14-21/h9-11,13-16,18-19,22H,2-8,12,17H2,1H3. The predicted octanol–water partition coefficient (Wildman–Crippen LogP) is 6.94. The van der Waals surface area contributed by atoms with E-state index in [0.717, 1.165) is 12.8 Å². The van der Waals surface area contributed by atoms with Crippen LogP contribution >= 0.6 is 0 Å². The fraction of sp³-hybridized carbons (Fsp3) is 0.522. The summed E-state index contributed by atoms with van der Waals surface area (Å²) < 4.78 is 0. The van der Waals surface area contributed by atoms with Gasteiger partial charge in [0, 0.05) is 5.92 Å². The molecule has 1 nitrogen and oxygen atoms in total. The predicted molar refractivity (Wildman–Crippen MR) is 103 cm³/mol. The van der Waals surface area contributed by atoms with Crippen LogP contribution < -0.4 is 0 Å². The zero-order chi connectivity index (χ0) is 17.1. The van der Waals surface area contributed by atoms with Gasteiger partial charge in [-0.05, 0) is 12.0 Å². The second-order valence-electron chi connectivity index (χ2n) is 7.03. The molecule has 0 radical (unpaired) electrons. The van der Waals surface area contributed by atoms with Crippen LogP contribution in [0.25, 0.3) is 0 Å². The molecule has 0 saturated carbocycles. The van der Waals surface area contributed by atoms with Gasteiger partial charge in [0.25, 0.3) is 0 Å². The zero-order valence-electron chi connectivity index (χ0n) is 15.1. The number of allylic oxidation sites excluding steroid dienone is 4. The molecule has 1 aromatic rings. The summed E-state index contributed by atoms with van der Waals surface area (Å²) in [5.74, 6) is 0.311. The minimum absolute atomic E-state index is 0.311.